The first kappa shape index (κ1) is 29.8. The first-order valence-corrected chi connectivity index (χ1v) is 15.4. The number of aromatic nitrogens is 1. The summed E-state index contributed by atoms with van der Waals surface area (Å²) in [5, 5.41) is 9.19. The van der Waals surface area contributed by atoms with E-state index in [2.05, 4.69) is 13.8 Å². The predicted octanol–water partition coefficient (Wildman–Crippen LogP) is 6.02. The van der Waals surface area contributed by atoms with Crippen molar-refractivity contribution >= 4 is 35.0 Å². The molecule has 0 amide bonds. The molecule has 6 rings (SSSR count). The number of aromatic carboxylic acids is 1. The van der Waals surface area contributed by atoms with Crippen LogP contribution in [0.5, 0.6) is 0 Å². The molecule has 0 saturated heterocycles. The quantitative estimate of drug-likeness (QED) is 0.213. The lowest BCUT2D eigenvalue weighted by atomic mass is 9.91. The van der Waals surface area contributed by atoms with Gasteiger partial charge in [-0.2, -0.15) is 0 Å². The number of benzene rings is 3. The van der Waals surface area contributed by atoms with Crippen LogP contribution >= 0.6 is 11.3 Å². The summed E-state index contributed by atoms with van der Waals surface area (Å²) in [5.41, 5.74) is 3.98. The summed E-state index contributed by atoms with van der Waals surface area (Å²) in [5.74, 6) is -0.243. The van der Waals surface area contributed by atoms with Crippen LogP contribution in [0.15, 0.2) is 111 Å². The van der Waals surface area contributed by atoms with Gasteiger partial charge in [-0.05, 0) is 48.2 Å². The van der Waals surface area contributed by atoms with E-state index >= 15 is 0 Å². The molecule has 3 aromatic carbocycles. The van der Waals surface area contributed by atoms with Gasteiger partial charge in [0.15, 0.2) is 4.80 Å². The van der Waals surface area contributed by atoms with Crippen LogP contribution in [-0.4, -0.2) is 28.2 Å². The first-order chi connectivity index (χ1) is 21.7. The van der Waals surface area contributed by atoms with Gasteiger partial charge in [0.25, 0.3) is 5.56 Å². The van der Waals surface area contributed by atoms with E-state index in [1.807, 2.05) is 54.6 Å². The SMILES string of the molecule is CCOC(=O)C1=C(c2ccccc2)N=c2sc(=Cc3ccc(-c4ccc(C(=O)O)cc4)o3)c(=O)n2C1c1ccc(C(C)C)cc1. The number of nitrogens with zero attached hydrogens (tertiary/aromatic N) is 2. The molecule has 1 unspecified atom stereocenters. The molecule has 2 aromatic heterocycles. The molecule has 1 N–H and O–H groups in total. The van der Waals surface area contributed by atoms with Gasteiger partial charge in [-0.15, -0.1) is 0 Å². The molecule has 8 nitrogen and oxygen atoms in total. The van der Waals surface area contributed by atoms with Crippen molar-refractivity contribution in [2.45, 2.75) is 32.7 Å². The lowest BCUT2D eigenvalue weighted by molar-refractivity contribution is -0.138. The second kappa shape index (κ2) is 12.4. The van der Waals surface area contributed by atoms with Crippen LogP contribution in [0.2, 0.25) is 0 Å². The van der Waals surface area contributed by atoms with E-state index in [4.69, 9.17) is 14.1 Å². The molecule has 0 radical (unpaired) electrons. The van der Waals surface area contributed by atoms with Crippen molar-refractivity contribution in [1.82, 2.24) is 4.57 Å². The number of carbonyl (C=O) groups is 2. The third kappa shape index (κ3) is 5.82. The topological polar surface area (TPSA) is 111 Å². The van der Waals surface area contributed by atoms with E-state index < -0.39 is 18.0 Å². The normalized spacial score (nSPS) is 14.8. The largest absolute Gasteiger partial charge is 0.478 e. The minimum Gasteiger partial charge on any atom is -0.478 e. The average molecular weight is 619 g/mol. The fourth-order valence-corrected chi connectivity index (χ4v) is 6.29. The van der Waals surface area contributed by atoms with Gasteiger partial charge in [-0.25, -0.2) is 14.6 Å². The number of carboxylic acid groups (broad SMARTS) is 1. The molecule has 9 heteroatoms. The summed E-state index contributed by atoms with van der Waals surface area (Å²) in [6.45, 7) is 6.15. The maximum absolute atomic E-state index is 14.1. The summed E-state index contributed by atoms with van der Waals surface area (Å²) in [6.07, 6.45) is 1.66. The molecule has 1 aliphatic rings. The monoisotopic (exact) mass is 618 g/mol. The molecule has 1 aliphatic heterocycles. The molecule has 0 spiro atoms. The first-order valence-electron chi connectivity index (χ1n) is 14.6. The van der Waals surface area contributed by atoms with Crippen LogP contribution < -0.4 is 14.9 Å². The Balaban J connectivity index is 1.52. The standard InChI is InChI=1S/C36H30N2O6S/c1-4-43-35(42)30-31(24-8-6-5-7-9-24)37-36-38(32(30)25-14-10-22(11-15-25)21(2)3)33(39)29(45-36)20-27-18-19-28(44-27)23-12-16-26(17-13-23)34(40)41/h5-21,32H,4H2,1-3H3,(H,40,41). The van der Waals surface area contributed by atoms with Crippen LogP contribution in [0, 0.1) is 0 Å². The van der Waals surface area contributed by atoms with Crippen molar-refractivity contribution in [2.75, 3.05) is 6.61 Å². The Morgan fingerprint density at radius 2 is 1.69 bits per heavy atom. The average Bonchev–Trinajstić information content (AvgIpc) is 3.64. The Morgan fingerprint density at radius 3 is 2.33 bits per heavy atom. The molecule has 0 saturated carbocycles. The zero-order chi connectivity index (χ0) is 31.7. The van der Waals surface area contributed by atoms with Gasteiger partial charge >= 0.3 is 11.9 Å². The molecule has 3 heterocycles. The van der Waals surface area contributed by atoms with E-state index in [1.165, 1.54) is 23.5 Å². The van der Waals surface area contributed by atoms with Crippen molar-refractivity contribution in [2.24, 2.45) is 4.99 Å². The van der Waals surface area contributed by atoms with Crippen molar-refractivity contribution < 1.29 is 23.8 Å². The number of hydrogen-bond acceptors (Lipinski definition) is 7. The number of furan rings is 1. The number of rotatable bonds is 8. The zero-order valence-electron chi connectivity index (χ0n) is 24.9. The number of hydrogen-bond donors (Lipinski definition) is 1. The Morgan fingerprint density at radius 1 is 0.978 bits per heavy atom. The molecular weight excluding hydrogens is 588 g/mol. The van der Waals surface area contributed by atoms with Crippen LogP contribution in [0.3, 0.4) is 0 Å². The Hall–Kier alpha value is -5.28. The van der Waals surface area contributed by atoms with Gasteiger partial charge in [0.05, 0.1) is 34.0 Å². The summed E-state index contributed by atoms with van der Waals surface area (Å²) >= 11 is 1.22. The van der Waals surface area contributed by atoms with Crippen molar-refractivity contribution in [3.63, 3.8) is 0 Å². The fraction of sp³-hybridized carbons (Fsp3) is 0.167. The van der Waals surface area contributed by atoms with Crippen LogP contribution in [-0.2, 0) is 9.53 Å². The fourth-order valence-electron chi connectivity index (χ4n) is 5.31. The predicted molar refractivity (Wildman–Crippen MR) is 173 cm³/mol. The molecule has 5 aromatic rings. The van der Waals surface area contributed by atoms with E-state index in [0.717, 1.165) is 16.7 Å². The molecule has 0 bridgehead atoms. The summed E-state index contributed by atoms with van der Waals surface area (Å²) in [4.78, 5) is 44.3. The second-order valence-corrected chi connectivity index (χ2v) is 11.8. The number of ether oxygens (including phenoxy) is 1. The van der Waals surface area contributed by atoms with E-state index in [0.29, 0.717) is 43.6 Å². The van der Waals surface area contributed by atoms with Crippen LogP contribution in [0.4, 0.5) is 0 Å². The lowest BCUT2D eigenvalue weighted by Gasteiger charge is -2.26. The second-order valence-electron chi connectivity index (χ2n) is 10.8. The Bertz CT molecular complexity index is 2100. The maximum Gasteiger partial charge on any atom is 0.338 e. The highest BCUT2D eigenvalue weighted by Gasteiger charge is 2.35. The number of fused-ring (bicyclic) bond motifs is 1. The van der Waals surface area contributed by atoms with Gasteiger partial charge in [0.2, 0.25) is 0 Å². The van der Waals surface area contributed by atoms with Gasteiger partial charge in [-0.3, -0.25) is 9.36 Å². The lowest BCUT2D eigenvalue weighted by Crippen LogP contribution is -2.40. The molecule has 0 fully saturated rings. The maximum atomic E-state index is 14.1. The van der Waals surface area contributed by atoms with Gasteiger partial charge in [0.1, 0.15) is 11.5 Å². The van der Waals surface area contributed by atoms with Gasteiger partial charge in [0, 0.05) is 17.2 Å². The van der Waals surface area contributed by atoms with Crippen LogP contribution in [0.1, 0.15) is 65.5 Å². The third-order valence-corrected chi connectivity index (χ3v) is 8.59. The van der Waals surface area contributed by atoms with Crippen molar-refractivity contribution in [1.29, 1.82) is 0 Å². The Kier molecular flexibility index (Phi) is 8.19. The van der Waals surface area contributed by atoms with E-state index in [1.54, 1.807) is 41.8 Å². The molecule has 226 valence electrons. The molecule has 0 aliphatic carbocycles. The highest BCUT2D eigenvalue weighted by molar-refractivity contribution is 7.07. The van der Waals surface area contributed by atoms with Crippen molar-refractivity contribution in [3.05, 3.63) is 144 Å². The minimum absolute atomic E-state index is 0.174. The summed E-state index contributed by atoms with van der Waals surface area (Å²) in [7, 11) is 0. The molecule has 1 atom stereocenters. The Labute approximate surface area is 262 Å². The molecule has 45 heavy (non-hydrogen) atoms. The van der Waals surface area contributed by atoms with Gasteiger partial charge in [-0.1, -0.05) is 91.9 Å². The highest BCUT2D eigenvalue weighted by atomic mass is 32.1. The number of carbonyl (C=O) groups excluding carboxylic acids is 1. The summed E-state index contributed by atoms with van der Waals surface area (Å²) in [6, 6.07) is 26.5. The number of esters is 1. The van der Waals surface area contributed by atoms with E-state index in [-0.39, 0.29) is 17.7 Å². The minimum atomic E-state index is -1.01. The molecular formula is C36H30N2O6S. The smallest absolute Gasteiger partial charge is 0.338 e. The highest BCUT2D eigenvalue weighted by Crippen LogP contribution is 2.35. The summed E-state index contributed by atoms with van der Waals surface area (Å²) < 4.78 is 13.5. The van der Waals surface area contributed by atoms with Crippen LogP contribution in [0.25, 0.3) is 23.1 Å². The number of carboxylic acids is 1. The van der Waals surface area contributed by atoms with Crippen molar-refractivity contribution in [3.8, 4) is 11.3 Å². The van der Waals surface area contributed by atoms with E-state index in [9.17, 15) is 19.5 Å². The van der Waals surface area contributed by atoms with Gasteiger partial charge < -0.3 is 14.3 Å². The third-order valence-electron chi connectivity index (χ3n) is 7.61. The number of thiazole rings is 1. The zero-order valence-corrected chi connectivity index (χ0v) is 25.7.